The van der Waals surface area contributed by atoms with Gasteiger partial charge in [-0.05, 0) is 58.1 Å². The van der Waals surface area contributed by atoms with Crippen molar-refractivity contribution in [2.45, 2.75) is 66.7 Å². The van der Waals surface area contributed by atoms with Gasteiger partial charge in [0.2, 0.25) is 0 Å². The maximum atomic E-state index is 4.86. The monoisotopic (exact) mass is 352 g/mol. The molecule has 2 aromatic rings. The topological polar surface area (TPSA) is 41.1 Å². The molecule has 0 unspecified atom stereocenters. The molecule has 0 radical (unpaired) electrons. The van der Waals surface area contributed by atoms with Crippen LogP contribution in [0, 0.1) is 27.7 Å². The third-order valence-corrected chi connectivity index (χ3v) is 5.14. The van der Waals surface area contributed by atoms with Gasteiger partial charge in [-0.3, -0.25) is 0 Å². The van der Waals surface area contributed by atoms with Gasteiger partial charge in [-0.25, -0.2) is 9.97 Å². The molecule has 1 aromatic heterocycles. The lowest BCUT2D eigenvalue weighted by Crippen LogP contribution is -2.28. The third kappa shape index (κ3) is 3.84. The zero-order valence-electron chi connectivity index (χ0n) is 16.9. The predicted molar refractivity (Wildman–Crippen MR) is 111 cm³/mol. The van der Waals surface area contributed by atoms with Gasteiger partial charge in [0, 0.05) is 24.3 Å². The third-order valence-electron chi connectivity index (χ3n) is 5.14. The first-order chi connectivity index (χ1) is 12.5. The molecule has 1 aliphatic rings. The first-order valence-electron chi connectivity index (χ1n) is 9.98. The molecule has 0 spiro atoms. The van der Waals surface area contributed by atoms with Crippen LogP contribution in [0.25, 0.3) is 0 Å². The SMILES string of the molecule is CCCCCNc1nc(C)nc2c1CCCN2c1c(C)cc(C)cc1C. The summed E-state index contributed by atoms with van der Waals surface area (Å²) in [4.78, 5) is 12.0. The van der Waals surface area contributed by atoms with E-state index in [0.717, 1.165) is 43.4 Å². The summed E-state index contributed by atoms with van der Waals surface area (Å²) in [6.07, 6.45) is 5.87. The Balaban J connectivity index is 1.98. The van der Waals surface area contributed by atoms with Crippen LogP contribution in [0.4, 0.5) is 17.3 Å². The standard InChI is InChI=1S/C22H32N4/c1-6-7-8-11-23-21-19-10-9-12-26(22(19)25-18(5)24-21)20-16(3)13-15(2)14-17(20)4/h13-14H,6-12H2,1-5H3,(H,23,24,25). The van der Waals surface area contributed by atoms with Crippen LogP contribution in [0.15, 0.2) is 12.1 Å². The predicted octanol–water partition coefficient (Wildman–Crippen LogP) is 5.40. The van der Waals surface area contributed by atoms with Crippen molar-refractivity contribution in [2.75, 3.05) is 23.3 Å². The van der Waals surface area contributed by atoms with Gasteiger partial charge < -0.3 is 10.2 Å². The second kappa shape index (κ2) is 8.07. The van der Waals surface area contributed by atoms with Gasteiger partial charge in [0.05, 0.1) is 0 Å². The normalized spacial score (nSPS) is 13.7. The molecule has 1 aliphatic heterocycles. The van der Waals surface area contributed by atoms with Crippen LogP contribution in [0.5, 0.6) is 0 Å². The Morgan fingerprint density at radius 3 is 2.46 bits per heavy atom. The smallest absolute Gasteiger partial charge is 0.142 e. The zero-order valence-corrected chi connectivity index (χ0v) is 16.9. The first kappa shape index (κ1) is 18.7. The summed E-state index contributed by atoms with van der Waals surface area (Å²) >= 11 is 0. The molecule has 1 aromatic carbocycles. The van der Waals surface area contributed by atoms with Crippen molar-refractivity contribution in [1.29, 1.82) is 0 Å². The number of rotatable bonds is 6. The average Bonchev–Trinajstić information content (AvgIpc) is 2.58. The lowest BCUT2D eigenvalue weighted by atomic mass is 10.00. The van der Waals surface area contributed by atoms with Crippen LogP contribution in [0.1, 0.15) is 60.7 Å². The average molecular weight is 353 g/mol. The quantitative estimate of drug-likeness (QED) is 0.707. The fourth-order valence-corrected chi connectivity index (χ4v) is 4.10. The van der Waals surface area contributed by atoms with E-state index < -0.39 is 0 Å². The van der Waals surface area contributed by atoms with Crippen LogP contribution < -0.4 is 10.2 Å². The summed E-state index contributed by atoms with van der Waals surface area (Å²) in [6.45, 7) is 12.8. The highest BCUT2D eigenvalue weighted by atomic mass is 15.2. The van der Waals surface area contributed by atoms with E-state index in [9.17, 15) is 0 Å². The molecular weight excluding hydrogens is 320 g/mol. The minimum atomic E-state index is 0.844. The second-order valence-corrected chi connectivity index (χ2v) is 7.56. The lowest BCUT2D eigenvalue weighted by Gasteiger charge is -2.33. The Morgan fingerprint density at radius 1 is 1.04 bits per heavy atom. The summed E-state index contributed by atoms with van der Waals surface area (Å²) in [6, 6.07) is 4.54. The van der Waals surface area contributed by atoms with Crippen molar-refractivity contribution in [3.05, 3.63) is 40.2 Å². The van der Waals surface area contributed by atoms with Crippen molar-refractivity contribution in [1.82, 2.24) is 9.97 Å². The molecule has 0 aliphatic carbocycles. The summed E-state index contributed by atoms with van der Waals surface area (Å²) < 4.78 is 0. The highest BCUT2D eigenvalue weighted by Gasteiger charge is 2.25. The fourth-order valence-electron chi connectivity index (χ4n) is 4.10. The van der Waals surface area contributed by atoms with E-state index >= 15 is 0 Å². The van der Waals surface area contributed by atoms with Crippen LogP contribution in [0.3, 0.4) is 0 Å². The summed E-state index contributed by atoms with van der Waals surface area (Å²) in [5.74, 6) is 2.98. The minimum Gasteiger partial charge on any atom is -0.370 e. The van der Waals surface area contributed by atoms with Gasteiger partial charge in [0.1, 0.15) is 17.5 Å². The molecule has 0 saturated heterocycles. The number of unbranched alkanes of at least 4 members (excludes halogenated alkanes) is 2. The summed E-state index contributed by atoms with van der Waals surface area (Å²) in [7, 11) is 0. The van der Waals surface area contributed by atoms with Crippen molar-refractivity contribution < 1.29 is 0 Å². The van der Waals surface area contributed by atoms with Crippen LogP contribution >= 0.6 is 0 Å². The second-order valence-electron chi connectivity index (χ2n) is 7.56. The van der Waals surface area contributed by atoms with E-state index in [1.807, 2.05) is 6.92 Å². The number of benzene rings is 1. The highest BCUT2D eigenvalue weighted by molar-refractivity contribution is 5.73. The molecular formula is C22H32N4. The van der Waals surface area contributed by atoms with Crippen molar-refractivity contribution in [2.24, 2.45) is 0 Å². The molecule has 2 heterocycles. The Bertz CT molecular complexity index is 759. The molecule has 4 nitrogen and oxygen atoms in total. The lowest BCUT2D eigenvalue weighted by molar-refractivity contribution is 0.725. The molecule has 140 valence electrons. The van der Waals surface area contributed by atoms with E-state index in [1.54, 1.807) is 0 Å². The first-order valence-corrected chi connectivity index (χ1v) is 9.98. The van der Waals surface area contributed by atoms with E-state index in [1.165, 1.54) is 47.2 Å². The zero-order chi connectivity index (χ0) is 18.7. The number of anilines is 3. The fraction of sp³-hybridized carbons (Fsp3) is 0.545. The van der Waals surface area contributed by atoms with Gasteiger partial charge >= 0.3 is 0 Å². The van der Waals surface area contributed by atoms with E-state index in [2.05, 4.69) is 50.0 Å². The molecule has 26 heavy (non-hydrogen) atoms. The van der Waals surface area contributed by atoms with E-state index in [0.29, 0.717) is 0 Å². The van der Waals surface area contributed by atoms with E-state index in [-0.39, 0.29) is 0 Å². The van der Waals surface area contributed by atoms with Crippen LogP contribution in [0.2, 0.25) is 0 Å². The van der Waals surface area contributed by atoms with Crippen molar-refractivity contribution in [3.8, 4) is 0 Å². The molecule has 1 N–H and O–H groups in total. The Morgan fingerprint density at radius 2 is 1.77 bits per heavy atom. The number of aromatic nitrogens is 2. The molecule has 0 saturated carbocycles. The Kier molecular flexibility index (Phi) is 5.80. The summed E-state index contributed by atoms with van der Waals surface area (Å²) in [5.41, 5.74) is 6.55. The summed E-state index contributed by atoms with van der Waals surface area (Å²) in [5, 5.41) is 3.58. The van der Waals surface area contributed by atoms with Gasteiger partial charge in [-0.15, -0.1) is 0 Å². The van der Waals surface area contributed by atoms with Crippen LogP contribution in [-0.4, -0.2) is 23.1 Å². The van der Waals surface area contributed by atoms with Crippen molar-refractivity contribution in [3.63, 3.8) is 0 Å². The molecule has 0 amide bonds. The van der Waals surface area contributed by atoms with E-state index in [4.69, 9.17) is 9.97 Å². The Labute approximate surface area is 158 Å². The van der Waals surface area contributed by atoms with Crippen molar-refractivity contribution >= 4 is 17.3 Å². The molecule has 3 rings (SSSR count). The number of fused-ring (bicyclic) bond motifs is 1. The molecule has 0 fully saturated rings. The van der Waals surface area contributed by atoms with Gasteiger partial charge in [-0.2, -0.15) is 0 Å². The Hall–Kier alpha value is -2.10. The molecule has 0 atom stereocenters. The number of hydrogen-bond donors (Lipinski definition) is 1. The van der Waals surface area contributed by atoms with Gasteiger partial charge in [-0.1, -0.05) is 37.5 Å². The minimum absolute atomic E-state index is 0.844. The molecule has 4 heteroatoms. The number of hydrogen-bond acceptors (Lipinski definition) is 4. The maximum absolute atomic E-state index is 4.86. The van der Waals surface area contributed by atoms with Gasteiger partial charge in [0.25, 0.3) is 0 Å². The highest BCUT2D eigenvalue weighted by Crippen LogP contribution is 2.38. The van der Waals surface area contributed by atoms with Crippen LogP contribution in [-0.2, 0) is 6.42 Å². The largest absolute Gasteiger partial charge is 0.370 e. The number of nitrogens with zero attached hydrogens (tertiary/aromatic N) is 3. The molecule has 0 bridgehead atoms. The number of nitrogens with one attached hydrogen (secondary N) is 1. The number of aryl methyl sites for hydroxylation is 4. The maximum Gasteiger partial charge on any atom is 0.142 e. The van der Waals surface area contributed by atoms with Gasteiger partial charge in [0.15, 0.2) is 0 Å².